The molecule has 0 aliphatic heterocycles. The predicted octanol–water partition coefficient (Wildman–Crippen LogP) is 3.95. The summed E-state index contributed by atoms with van der Waals surface area (Å²) in [5.74, 6) is 0.907. The van der Waals surface area contributed by atoms with Crippen molar-refractivity contribution in [2.75, 3.05) is 12.4 Å². The molecule has 0 saturated carbocycles. The van der Waals surface area contributed by atoms with Crippen molar-refractivity contribution in [1.82, 2.24) is 4.98 Å². The lowest BCUT2D eigenvalue weighted by atomic mass is 10.1. The highest BCUT2D eigenvalue weighted by molar-refractivity contribution is 7.19. The normalized spacial score (nSPS) is 10.7. The van der Waals surface area contributed by atoms with E-state index < -0.39 is 0 Å². The van der Waals surface area contributed by atoms with E-state index >= 15 is 0 Å². The van der Waals surface area contributed by atoms with Crippen LogP contribution in [-0.4, -0.2) is 18.1 Å². The van der Waals surface area contributed by atoms with Gasteiger partial charge in [0.15, 0.2) is 5.13 Å². The standard InChI is InChI=1S/C14H18N2OS/c1-9(2)17-12-7-5-11(6-8-12)13-10(3)16-14(15-4)18-13/h5-9H,1-4H3,(H,15,16). The first kappa shape index (κ1) is 12.9. The third-order valence-corrected chi connectivity index (χ3v) is 3.72. The summed E-state index contributed by atoms with van der Waals surface area (Å²) in [6.07, 6.45) is 0.205. The number of nitrogens with one attached hydrogen (secondary N) is 1. The van der Waals surface area contributed by atoms with Crippen LogP contribution in [0.1, 0.15) is 19.5 Å². The maximum atomic E-state index is 5.64. The number of benzene rings is 1. The highest BCUT2D eigenvalue weighted by Gasteiger charge is 2.09. The van der Waals surface area contributed by atoms with Gasteiger partial charge in [-0.15, -0.1) is 0 Å². The van der Waals surface area contributed by atoms with E-state index in [1.54, 1.807) is 11.3 Å². The van der Waals surface area contributed by atoms with Gasteiger partial charge in [0.2, 0.25) is 0 Å². The molecule has 2 rings (SSSR count). The summed E-state index contributed by atoms with van der Waals surface area (Å²) in [4.78, 5) is 5.66. The first-order valence-electron chi connectivity index (χ1n) is 6.02. The van der Waals surface area contributed by atoms with Crippen molar-refractivity contribution >= 4 is 16.5 Å². The van der Waals surface area contributed by atoms with E-state index in [1.807, 2.05) is 40.0 Å². The van der Waals surface area contributed by atoms with Crippen LogP contribution in [0.15, 0.2) is 24.3 Å². The SMILES string of the molecule is CNc1nc(C)c(-c2ccc(OC(C)C)cc2)s1. The van der Waals surface area contributed by atoms with Gasteiger partial charge in [0, 0.05) is 7.05 Å². The molecule has 96 valence electrons. The van der Waals surface area contributed by atoms with Crippen LogP contribution in [0, 0.1) is 6.92 Å². The lowest BCUT2D eigenvalue weighted by molar-refractivity contribution is 0.242. The number of aryl methyl sites for hydroxylation is 1. The van der Waals surface area contributed by atoms with Crippen LogP contribution in [0.3, 0.4) is 0 Å². The Bertz CT molecular complexity index is 517. The minimum atomic E-state index is 0.205. The van der Waals surface area contributed by atoms with Gasteiger partial charge < -0.3 is 10.1 Å². The maximum absolute atomic E-state index is 5.64. The highest BCUT2D eigenvalue weighted by atomic mass is 32.1. The fraction of sp³-hybridized carbons (Fsp3) is 0.357. The summed E-state index contributed by atoms with van der Waals surface area (Å²) in [6.45, 7) is 6.09. The zero-order valence-electron chi connectivity index (χ0n) is 11.2. The van der Waals surface area contributed by atoms with E-state index in [0.717, 1.165) is 16.6 Å². The zero-order chi connectivity index (χ0) is 13.1. The summed E-state index contributed by atoms with van der Waals surface area (Å²) in [5, 5.41) is 4.03. The number of anilines is 1. The fourth-order valence-electron chi connectivity index (χ4n) is 1.73. The lowest BCUT2D eigenvalue weighted by Gasteiger charge is -2.09. The smallest absolute Gasteiger partial charge is 0.183 e. The van der Waals surface area contributed by atoms with Crippen molar-refractivity contribution in [1.29, 1.82) is 0 Å². The third kappa shape index (κ3) is 2.82. The van der Waals surface area contributed by atoms with E-state index in [9.17, 15) is 0 Å². The zero-order valence-corrected chi connectivity index (χ0v) is 12.0. The minimum absolute atomic E-state index is 0.205. The quantitative estimate of drug-likeness (QED) is 0.906. The molecule has 1 aromatic heterocycles. The Labute approximate surface area is 112 Å². The Morgan fingerprint density at radius 3 is 2.39 bits per heavy atom. The van der Waals surface area contributed by atoms with E-state index in [2.05, 4.69) is 22.4 Å². The second-order valence-electron chi connectivity index (χ2n) is 4.37. The molecule has 0 atom stereocenters. The second kappa shape index (κ2) is 5.40. The molecule has 1 N–H and O–H groups in total. The number of rotatable bonds is 4. The average Bonchev–Trinajstić information content (AvgIpc) is 2.71. The fourth-order valence-corrected chi connectivity index (χ4v) is 2.65. The minimum Gasteiger partial charge on any atom is -0.491 e. The van der Waals surface area contributed by atoms with Crippen LogP contribution in [0.25, 0.3) is 10.4 Å². The Hall–Kier alpha value is -1.55. The average molecular weight is 262 g/mol. The predicted molar refractivity (Wildman–Crippen MR) is 77.6 cm³/mol. The van der Waals surface area contributed by atoms with Gasteiger partial charge >= 0.3 is 0 Å². The van der Waals surface area contributed by atoms with Crippen molar-refractivity contribution in [2.24, 2.45) is 0 Å². The van der Waals surface area contributed by atoms with Crippen molar-refractivity contribution in [2.45, 2.75) is 26.9 Å². The monoisotopic (exact) mass is 262 g/mol. The molecule has 0 spiro atoms. The molecule has 0 saturated heterocycles. The van der Waals surface area contributed by atoms with E-state index in [-0.39, 0.29) is 6.10 Å². The molecule has 1 aromatic carbocycles. The first-order valence-corrected chi connectivity index (χ1v) is 6.84. The molecule has 1 heterocycles. The lowest BCUT2D eigenvalue weighted by Crippen LogP contribution is -2.05. The van der Waals surface area contributed by atoms with E-state index in [0.29, 0.717) is 0 Å². The number of hydrogen-bond acceptors (Lipinski definition) is 4. The molecule has 3 nitrogen and oxygen atoms in total. The van der Waals surface area contributed by atoms with E-state index in [4.69, 9.17) is 4.74 Å². The molecular weight excluding hydrogens is 244 g/mol. The Kier molecular flexibility index (Phi) is 3.87. The molecule has 0 bridgehead atoms. The van der Waals surface area contributed by atoms with Crippen LogP contribution in [0.4, 0.5) is 5.13 Å². The van der Waals surface area contributed by atoms with E-state index in [1.165, 1.54) is 10.4 Å². The van der Waals surface area contributed by atoms with Gasteiger partial charge in [-0.3, -0.25) is 0 Å². The molecule has 0 unspecified atom stereocenters. The van der Waals surface area contributed by atoms with Crippen LogP contribution in [-0.2, 0) is 0 Å². The molecule has 4 heteroatoms. The van der Waals surface area contributed by atoms with Crippen LogP contribution in [0.2, 0.25) is 0 Å². The van der Waals surface area contributed by atoms with Crippen molar-refractivity contribution in [3.63, 3.8) is 0 Å². The van der Waals surface area contributed by atoms with Gasteiger partial charge in [-0.05, 0) is 50.6 Å². The number of aromatic nitrogens is 1. The van der Waals surface area contributed by atoms with Crippen LogP contribution in [0.5, 0.6) is 5.75 Å². The Morgan fingerprint density at radius 1 is 1.22 bits per heavy atom. The molecule has 18 heavy (non-hydrogen) atoms. The summed E-state index contributed by atoms with van der Waals surface area (Å²) in [7, 11) is 1.89. The number of thiazole rings is 1. The van der Waals surface area contributed by atoms with Gasteiger partial charge in [-0.1, -0.05) is 11.3 Å². The summed E-state index contributed by atoms with van der Waals surface area (Å²) in [6, 6.07) is 8.18. The molecule has 0 fully saturated rings. The van der Waals surface area contributed by atoms with Crippen LogP contribution >= 0.6 is 11.3 Å². The van der Waals surface area contributed by atoms with Crippen molar-refractivity contribution in [3.8, 4) is 16.2 Å². The van der Waals surface area contributed by atoms with Crippen LogP contribution < -0.4 is 10.1 Å². The number of hydrogen-bond donors (Lipinski definition) is 1. The third-order valence-electron chi connectivity index (χ3n) is 2.50. The Morgan fingerprint density at radius 2 is 1.89 bits per heavy atom. The summed E-state index contributed by atoms with van der Waals surface area (Å²) in [5.41, 5.74) is 2.24. The van der Waals surface area contributed by atoms with Crippen molar-refractivity contribution in [3.05, 3.63) is 30.0 Å². The van der Waals surface area contributed by atoms with Gasteiger partial charge in [0.1, 0.15) is 5.75 Å². The van der Waals surface area contributed by atoms with Gasteiger partial charge in [-0.25, -0.2) is 4.98 Å². The molecule has 0 radical (unpaired) electrons. The van der Waals surface area contributed by atoms with Gasteiger partial charge in [-0.2, -0.15) is 0 Å². The summed E-state index contributed by atoms with van der Waals surface area (Å²) >= 11 is 1.67. The first-order chi connectivity index (χ1) is 8.60. The van der Waals surface area contributed by atoms with Gasteiger partial charge in [0.25, 0.3) is 0 Å². The van der Waals surface area contributed by atoms with Crippen molar-refractivity contribution < 1.29 is 4.74 Å². The Balaban J connectivity index is 2.25. The number of ether oxygens (including phenoxy) is 1. The van der Waals surface area contributed by atoms with Gasteiger partial charge in [0.05, 0.1) is 16.7 Å². The summed E-state index contributed by atoms with van der Waals surface area (Å²) < 4.78 is 5.64. The molecule has 0 aliphatic carbocycles. The topological polar surface area (TPSA) is 34.2 Å². The molecule has 0 amide bonds. The molecule has 0 aliphatic rings. The second-order valence-corrected chi connectivity index (χ2v) is 5.37. The molecule has 2 aromatic rings. The number of nitrogens with zero attached hydrogens (tertiary/aromatic N) is 1. The largest absolute Gasteiger partial charge is 0.491 e. The molecular formula is C14H18N2OS. The highest BCUT2D eigenvalue weighted by Crippen LogP contribution is 2.33. The maximum Gasteiger partial charge on any atom is 0.183 e.